The third-order valence-electron chi connectivity index (χ3n) is 5.42. The molecule has 4 heterocycles. The molecule has 0 unspecified atom stereocenters. The van der Waals surface area contributed by atoms with E-state index < -0.39 is 0 Å². The number of carbonyl (C=O) groups excluding carboxylic acids is 2. The maximum absolute atomic E-state index is 12.6. The lowest BCUT2D eigenvalue weighted by atomic mass is 10.1. The highest BCUT2D eigenvalue weighted by Crippen LogP contribution is 2.25. The average Bonchev–Trinajstić information content (AvgIpc) is 3.45. The molecule has 0 aliphatic carbocycles. The van der Waals surface area contributed by atoms with Gasteiger partial charge in [-0.3, -0.25) is 14.6 Å². The Bertz CT molecular complexity index is 1250. The van der Waals surface area contributed by atoms with Crippen LogP contribution in [-0.4, -0.2) is 57.8 Å². The molecule has 150 valence electrons. The van der Waals surface area contributed by atoms with Crippen LogP contribution in [0.1, 0.15) is 16.2 Å². The number of aromatic nitrogens is 2. The first-order valence-corrected chi connectivity index (χ1v) is 9.85. The zero-order chi connectivity index (χ0) is 20.5. The summed E-state index contributed by atoms with van der Waals surface area (Å²) >= 11 is 0. The summed E-state index contributed by atoms with van der Waals surface area (Å²) in [5.74, 6) is 0.105. The third-order valence-corrected chi connectivity index (χ3v) is 5.42. The van der Waals surface area contributed by atoms with Gasteiger partial charge in [0.2, 0.25) is 5.91 Å². The highest BCUT2D eigenvalue weighted by atomic mass is 16.3. The van der Waals surface area contributed by atoms with E-state index in [0.29, 0.717) is 31.9 Å². The molecule has 0 bridgehead atoms. The highest BCUT2D eigenvalue weighted by Gasteiger charge is 2.25. The van der Waals surface area contributed by atoms with Gasteiger partial charge in [0.15, 0.2) is 5.76 Å². The van der Waals surface area contributed by atoms with Crippen molar-refractivity contribution in [3.8, 4) is 0 Å². The topological polar surface area (TPSA) is 82.4 Å². The third kappa shape index (κ3) is 3.34. The van der Waals surface area contributed by atoms with Crippen molar-refractivity contribution in [2.45, 2.75) is 0 Å². The molecule has 1 fully saturated rings. The van der Waals surface area contributed by atoms with Gasteiger partial charge in [-0.05, 0) is 30.3 Å². The summed E-state index contributed by atoms with van der Waals surface area (Å²) in [4.78, 5) is 36.1. The van der Waals surface area contributed by atoms with Gasteiger partial charge in [0.25, 0.3) is 5.91 Å². The quantitative estimate of drug-likeness (QED) is 0.535. The number of furan rings is 1. The summed E-state index contributed by atoms with van der Waals surface area (Å²) < 4.78 is 5.17. The Hall–Kier alpha value is -3.87. The average molecular weight is 400 g/mol. The number of rotatable bonds is 3. The molecule has 1 N–H and O–H groups in total. The zero-order valence-electron chi connectivity index (χ0n) is 16.2. The molecule has 1 aliphatic heterocycles. The van der Waals surface area contributed by atoms with Crippen molar-refractivity contribution in [3.63, 3.8) is 0 Å². The maximum atomic E-state index is 12.6. The minimum atomic E-state index is -0.140. The van der Waals surface area contributed by atoms with E-state index in [1.165, 1.54) is 6.26 Å². The fourth-order valence-corrected chi connectivity index (χ4v) is 3.81. The molecule has 1 aromatic carbocycles. The lowest BCUT2D eigenvalue weighted by molar-refractivity contribution is -0.127. The van der Waals surface area contributed by atoms with Crippen molar-refractivity contribution in [2.75, 3.05) is 26.2 Å². The number of nitrogens with one attached hydrogen (secondary N) is 1. The van der Waals surface area contributed by atoms with E-state index in [-0.39, 0.29) is 11.8 Å². The van der Waals surface area contributed by atoms with Crippen LogP contribution in [-0.2, 0) is 4.79 Å². The number of pyridine rings is 1. The fraction of sp³-hybridized carbons (Fsp3) is 0.174. The van der Waals surface area contributed by atoms with Crippen LogP contribution in [0, 0.1) is 0 Å². The number of amides is 2. The van der Waals surface area contributed by atoms with Gasteiger partial charge < -0.3 is 19.2 Å². The van der Waals surface area contributed by atoms with E-state index in [2.05, 4.69) is 16.0 Å². The zero-order valence-corrected chi connectivity index (χ0v) is 16.2. The predicted molar refractivity (Wildman–Crippen MR) is 114 cm³/mol. The van der Waals surface area contributed by atoms with Crippen molar-refractivity contribution in [3.05, 3.63) is 72.5 Å². The van der Waals surface area contributed by atoms with E-state index in [1.54, 1.807) is 40.3 Å². The van der Waals surface area contributed by atoms with Gasteiger partial charge in [-0.2, -0.15) is 0 Å². The van der Waals surface area contributed by atoms with Gasteiger partial charge in [0, 0.05) is 48.5 Å². The van der Waals surface area contributed by atoms with Crippen molar-refractivity contribution in [1.82, 2.24) is 19.8 Å². The maximum Gasteiger partial charge on any atom is 0.289 e. The molecule has 30 heavy (non-hydrogen) atoms. The molecule has 1 saturated heterocycles. The highest BCUT2D eigenvalue weighted by molar-refractivity contribution is 6.07. The Labute approximate surface area is 172 Å². The molecule has 5 rings (SSSR count). The van der Waals surface area contributed by atoms with Crippen LogP contribution in [0.2, 0.25) is 0 Å². The number of para-hydroxylation sites is 1. The van der Waals surface area contributed by atoms with Gasteiger partial charge in [0.05, 0.1) is 23.7 Å². The molecule has 7 nitrogen and oxygen atoms in total. The number of nitrogens with zero attached hydrogens (tertiary/aromatic N) is 3. The van der Waals surface area contributed by atoms with Crippen LogP contribution < -0.4 is 0 Å². The first kappa shape index (κ1) is 18.2. The van der Waals surface area contributed by atoms with Crippen molar-refractivity contribution in [2.24, 2.45) is 0 Å². The number of H-pyrrole nitrogens is 1. The first-order valence-electron chi connectivity index (χ1n) is 9.85. The number of piperazine rings is 1. The summed E-state index contributed by atoms with van der Waals surface area (Å²) in [6, 6.07) is 13.4. The number of hydrogen-bond acceptors (Lipinski definition) is 4. The first-order chi connectivity index (χ1) is 14.7. The normalized spacial score (nSPS) is 14.8. The van der Waals surface area contributed by atoms with Crippen LogP contribution in [0.15, 0.2) is 65.4 Å². The number of fused-ring (bicyclic) bond motifs is 3. The number of aromatic amines is 1. The van der Waals surface area contributed by atoms with E-state index >= 15 is 0 Å². The molecular formula is C23H20N4O3. The molecule has 0 saturated carbocycles. The number of benzene rings is 1. The molecule has 0 spiro atoms. The molecule has 2 amide bonds. The van der Waals surface area contributed by atoms with E-state index in [4.69, 9.17) is 4.42 Å². The van der Waals surface area contributed by atoms with Gasteiger partial charge in [0.1, 0.15) is 0 Å². The van der Waals surface area contributed by atoms with Crippen molar-refractivity contribution < 1.29 is 14.0 Å². The van der Waals surface area contributed by atoms with Crippen LogP contribution >= 0.6 is 0 Å². The van der Waals surface area contributed by atoms with Crippen LogP contribution in [0.5, 0.6) is 0 Å². The Kier molecular flexibility index (Phi) is 4.55. The Morgan fingerprint density at radius 1 is 0.967 bits per heavy atom. The molecule has 4 aromatic rings. The Morgan fingerprint density at radius 2 is 1.77 bits per heavy atom. The van der Waals surface area contributed by atoms with Gasteiger partial charge in [-0.1, -0.05) is 18.2 Å². The monoisotopic (exact) mass is 400 g/mol. The van der Waals surface area contributed by atoms with Gasteiger partial charge in [-0.15, -0.1) is 0 Å². The molecule has 3 aromatic heterocycles. The molecule has 0 radical (unpaired) electrons. The molecule has 7 heteroatoms. The summed E-state index contributed by atoms with van der Waals surface area (Å²) in [7, 11) is 0. The lowest BCUT2D eigenvalue weighted by Crippen LogP contribution is -2.50. The Balaban J connectivity index is 1.25. The van der Waals surface area contributed by atoms with E-state index in [9.17, 15) is 9.59 Å². The van der Waals surface area contributed by atoms with Crippen LogP contribution in [0.4, 0.5) is 0 Å². The smallest absolute Gasteiger partial charge is 0.289 e. The standard InChI is InChI=1S/C23H20N4O3/c28-22(26-9-11-27(12-10-26)23(29)21-6-3-13-30-21)8-7-16-14-18-17-4-1-2-5-19(17)25-20(18)15-24-16/h1-8,13-15,25H,9-12H2/b8-7+. The number of hydrogen-bond donors (Lipinski definition) is 1. The predicted octanol–water partition coefficient (Wildman–Crippen LogP) is 3.31. The lowest BCUT2D eigenvalue weighted by Gasteiger charge is -2.33. The SMILES string of the molecule is O=C(/C=C/c1cc2c(cn1)[nH]c1ccccc12)N1CCN(C(=O)c2ccco2)CC1. The summed E-state index contributed by atoms with van der Waals surface area (Å²) in [6.07, 6.45) is 6.56. The second kappa shape index (κ2) is 7.51. The fourth-order valence-electron chi connectivity index (χ4n) is 3.81. The minimum absolute atomic E-state index is 0.0825. The number of carbonyl (C=O) groups is 2. The van der Waals surface area contributed by atoms with Crippen molar-refractivity contribution >= 4 is 39.7 Å². The molecule has 1 aliphatic rings. The summed E-state index contributed by atoms with van der Waals surface area (Å²) in [5, 5.41) is 2.21. The summed E-state index contributed by atoms with van der Waals surface area (Å²) in [6.45, 7) is 1.95. The van der Waals surface area contributed by atoms with Crippen molar-refractivity contribution in [1.29, 1.82) is 0 Å². The molecule has 0 atom stereocenters. The van der Waals surface area contributed by atoms with Gasteiger partial charge >= 0.3 is 0 Å². The van der Waals surface area contributed by atoms with E-state index in [0.717, 1.165) is 27.5 Å². The Morgan fingerprint density at radius 3 is 2.57 bits per heavy atom. The second-order valence-electron chi connectivity index (χ2n) is 7.25. The van der Waals surface area contributed by atoms with Gasteiger partial charge in [-0.25, -0.2) is 0 Å². The second-order valence-corrected chi connectivity index (χ2v) is 7.25. The molecular weight excluding hydrogens is 380 g/mol. The van der Waals surface area contributed by atoms with Crippen LogP contribution in [0.25, 0.3) is 27.9 Å². The largest absolute Gasteiger partial charge is 0.459 e. The van der Waals surface area contributed by atoms with Crippen LogP contribution in [0.3, 0.4) is 0 Å². The minimum Gasteiger partial charge on any atom is -0.459 e. The summed E-state index contributed by atoms with van der Waals surface area (Å²) in [5.41, 5.74) is 2.76. The van der Waals surface area contributed by atoms with E-state index in [1.807, 2.05) is 24.3 Å².